The lowest BCUT2D eigenvalue weighted by Gasteiger charge is -2.12. The van der Waals surface area contributed by atoms with Crippen LogP contribution in [-0.2, 0) is 6.61 Å². The van der Waals surface area contributed by atoms with E-state index < -0.39 is 5.91 Å². The van der Waals surface area contributed by atoms with Crippen molar-refractivity contribution in [2.45, 2.75) is 13.5 Å². The Kier molecular flexibility index (Phi) is 4.89. The molecule has 1 N–H and O–H groups in total. The molecular weight excluding hydrogens is 402 g/mol. The number of nitrogens with zero attached hydrogens (tertiary/aromatic N) is 2. The number of amides is 1. The van der Waals surface area contributed by atoms with E-state index in [-0.39, 0.29) is 17.9 Å². The normalized spacial score (nSPS) is 10.9. The van der Waals surface area contributed by atoms with Crippen LogP contribution in [0, 0.1) is 6.92 Å². The first-order valence-electron chi connectivity index (χ1n) is 8.25. The minimum Gasteiger partial charge on any atom is -0.485 e. The Labute approximate surface area is 168 Å². The highest BCUT2D eigenvalue weighted by Gasteiger charge is 2.14. The van der Waals surface area contributed by atoms with Crippen LogP contribution in [-0.4, -0.2) is 15.3 Å². The Morgan fingerprint density at radius 3 is 3.00 bits per heavy atom. The number of carbonyl (C=O) groups is 1. The van der Waals surface area contributed by atoms with Gasteiger partial charge in [0.2, 0.25) is 0 Å². The van der Waals surface area contributed by atoms with Gasteiger partial charge in [-0.3, -0.25) is 14.0 Å². The van der Waals surface area contributed by atoms with Crippen LogP contribution in [0.4, 0.5) is 5.69 Å². The van der Waals surface area contributed by atoms with Gasteiger partial charge in [-0.1, -0.05) is 11.6 Å². The summed E-state index contributed by atoms with van der Waals surface area (Å²) in [6.07, 6.45) is 3.17. The Morgan fingerprint density at radius 2 is 2.21 bits per heavy atom. The summed E-state index contributed by atoms with van der Waals surface area (Å²) in [4.78, 5) is 30.5. The number of carbonyl (C=O) groups excluding carboxylic acids is 1. The monoisotopic (exact) mass is 415 g/mol. The number of halogens is 1. The van der Waals surface area contributed by atoms with E-state index in [0.717, 1.165) is 4.88 Å². The molecule has 0 spiro atoms. The SMILES string of the molecule is Cc1cn2c(=O)cc(COc3ccc(Cl)cc3NC(=O)c3ccco3)nc2s1. The zero-order chi connectivity index (χ0) is 19.7. The van der Waals surface area contributed by atoms with Crippen molar-refractivity contribution in [3.8, 4) is 5.75 Å². The second-order valence-electron chi connectivity index (χ2n) is 5.94. The molecule has 0 atom stereocenters. The maximum Gasteiger partial charge on any atom is 0.291 e. The molecule has 0 aliphatic rings. The molecule has 0 fully saturated rings. The van der Waals surface area contributed by atoms with Crippen LogP contribution in [0.2, 0.25) is 5.02 Å². The molecule has 4 rings (SSSR count). The van der Waals surface area contributed by atoms with Crippen LogP contribution in [0.3, 0.4) is 0 Å². The van der Waals surface area contributed by atoms with E-state index in [1.807, 2.05) is 6.92 Å². The summed E-state index contributed by atoms with van der Waals surface area (Å²) in [5.41, 5.74) is 0.708. The molecule has 0 aliphatic heterocycles. The van der Waals surface area contributed by atoms with Crippen LogP contribution in [0.15, 0.2) is 58.1 Å². The number of aromatic nitrogens is 2. The largest absolute Gasteiger partial charge is 0.485 e. The summed E-state index contributed by atoms with van der Waals surface area (Å²) < 4.78 is 12.4. The standard InChI is InChI=1S/C19H14ClN3O4S/c1-11-9-23-17(24)8-13(21-19(23)28-11)10-27-15-5-4-12(20)7-14(15)22-18(25)16-3-2-6-26-16/h2-9H,10H2,1H3,(H,22,25). The summed E-state index contributed by atoms with van der Waals surface area (Å²) >= 11 is 7.47. The molecular formula is C19H14ClN3O4S. The van der Waals surface area contributed by atoms with Gasteiger partial charge in [-0.15, -0.1) is 11.3 Å². The highest BCUT2D eigenvalue weighted by Crippen LogP contribution is 2.29. The number of thiazole rings is 1. The Morgan fingerprint density at radius 1 is 1.36 bits per heavy atom. The Hall–Kier alpha value is -3.10. The number of fused-ring (bicyclic) bond motifs is 1. The molecule has 0 radical (unpaired) electrons. The van der Waals surface area contributed by atoms with Gasteiger partial charge in [0.1, 0.15) is 12.4 Å². The number of hydrogen-bond donors (Lipinski definition) is 1. The van der Waals surface area contributed by atoms with E-state index in [1.54, 1.807) is 36.5 Å². The molecule has 9 heteroatoms. The van der Waals surface area contributed by atoms with Gasteiger partial charge in [-0.25, -0.2) is 4.98 Å². The molecule has 3 heterocycles. The van der Waals surface area contributed by atoms with Gasteiger partial charge in [0.25, 0.3) is 11.5 Å². The van der Waals surface area contributed by atoms with Crippen molar-refractivity contribution in [3.63, 3.8) is 0 Å². The van der Waals surface area contributed by atoms with Crippen molar-refractivity contribution >= 4 is 39.5 Å². The van der Waals surface area contributed by atoms with Crippen molar-refractivity contribution in [3.05, 3.63) is 80.6 Å². The maximum atomic E-state index is 12.2. The molecule has 3 aromatic heterocycles. The van der Waals surface area contributed by atoms with E-state index in [0.29, 0.717) is 27.1 Å². The number of benzene rings is 1. The Balaban J connectivity index is 1.56. The summed E-state index contributed by atoms with van der Waals surface area (Å²) in [5.74, 6) is 0.136. The lowest BCUT2D eigenvalue weighted by molar-refractivity contribution is 0.0996. The molecule has 4 aromatic rings. The third-order valence-corrected chi connectivity index (χ3v) is 4.98. The van der Waals surface area contributed by atoms with Gasteiger partial charge in [-0.05, 0) is 37.3 Å². The van der Waals surface area contributed by atoms with Gasteiger partial charge in [0, 0.05) is 22.2 Å². The van der Waals surface area contributed by atoms with Crippen molar-refractivity contribution < 1.29 is 13.9 Å². The van der Waals surface area contributed by atoms with E-state index in [2.05, 4.69) is 10.3 Å². The fourth-order valence-corrected chi connectivity index (χ4v) is 3.62. The number of furan rings is 1. The van der Waals surface area contributed by atoms with Gasteiger partial charge in [0.05, 0.1) is 17.6 Å². The first-order chi connectivity index (χ1) is 13.5. The lowest BCUT2D eigenvalue weighted by atomic mass is 10.2. The molecule has 0 saturated heterocycles. The first-order valence-corrected chi connectivity index (χ1v) is 9.45. The van der Waals surface area contributed by atoms with Gasteiger partial charge in [-0.2, -0.15) is 0 Å². The van der Waals surface area contributed by atoms with Crippen molar-refractivity contribution in [1.82, 2.24) is 9.38 Å². The average Bonchev–Trinajstić information content (AvgIpc) is 3.30. The van der Waals surface area contributed by atoms with Crippen LogP contribution in [0.1, 0.15) is 21.1 Å². The van der Waals surface area contributed by atoms with Crippen LogP contribution in [0.5, 0.6) is 5.75 Å². The van der Waals surface area contributed by atoms with Gasteiger partial charge >= 0.3 is 0 Å². The van der Waals surface area contributed by atoms with Gasteiger partial charge < -0.3 is 14.5 Å². The lowest BCUT2D eigenvalue weighted by Crippen LogP contribution is -2.15. The summed E-state index contributed by atoms with van der Waals surface area (Å²) in [6.45, 7) is 1.98. The number of rotatable bonds is 5. The topological polar surface area (TPSA) is 85.8 Å². The minimum absolute atomic E-state index is 0.0634. The maximum absolute atomic E-state index is 12.2. The smallest absolute Gasteiger partial charge is 0.291 e. The van der Waals surface area contributed by atoms with Crippen LogP contribution in [0.25, 0.3) is 4.96 Å². The third kappa shape index (κ3) is 3.78. The zero-order valence-corrected chi connectivity index (χ0v) is 16.2. The predicted molar refractivity (Wildman–Crippen MR) is 107 cm³/mol. The second kappa shape index (κ2) is 7.49. The highest BCUT2D eigenvalue weighted by atomic mass is 35.5. The minimum atomic E-state index is -0.427. The quantitative estimate of drug-likeness (QED) is 0.529. The number of nitrogens with one attached hydrogen (secondary N) is 1. The molecule has 28 heavy (non-hydrogen) atoms. The first kappa shape index (κ1) is 18.3. The number of aryl methyl sites for hydroxylation is 1. The van der Waals surface area contributed by atoms with Gasteiger partial charge in [0.15, 0.2) is 10.7 Å². The van der Waals surface area contributed by atoms with E-state index >= 15 is 0 Å². The van der Waals surface area contributed by atoms with Crippen molar-refractivity contribution in [2.75, 3.05) is 5.32 Å². The summed E-state index contributed by atoms with van der Waals surface area (Å²) in [6, 6.07) is 9.46. The van der Waals surface area contributed by atoms with E-state index in [9.17, 15) is 9.59 Å². The highest BCUT2D eigenvalue weighted by molar-refractivity contribution is 7.16. The molecule has 0 unspecified atom stereocenters. The zero-order valence-electron chi connectivity index (χ0n) is 14.6. The van der Waals surface area contributed by atoms with E-state index in [1.165, 1.54) is 28.1 Å². The molecule has 1 amide bonds. The van der Waals surface area contributed by atoms with E-state index in [4.69, 9.17) is 20.8 Å². The average molecular weight is 416 g/mol. The molecule has 7 nitrogen and oxygen atoms in total. The molecule has 0 saturated carbocycles. The summed E-state index contributed by atoms with van der Waals surface area (Å²) in [5, 5.41) is 3.15. The van der Waals surface area contributed by atoms with Crippen molar-refractivity contribution in [2.24, 2.45) is 0 Å². The summed E-state index contributed by atoms with van der Waals surface area (Å²) in [7, 11) is 0. The Bertz CT molecular complexity index is 1210. The fraction of sp³-hybridized carbons (Fsp3) is 0.105. The second-order valence-corrected chi connectivity index (χ2v) is 7.59. The fourth-order valence-electron chi connectivity index (χ4n) is 2.60. The number of anilines is 1. The number of hydrogen-bond acceptors (Lipinski definition) is 6. The third-order valence-electron chi connectivity index (χ3n) is 3.85. The number of ether oxygens (including phenoxy) is 1. The molecule has 1 aromatic carbocycles. The predicted octanol–water partition coefficient (Wildman–Crippen LogP) is 4.14. The van der Waals surface area contributed by atoms with Crippen LogP contribution >= 0.6 is 22.9 Å². The van der Waals surface area contributed by atoms with Crippen molar-refractivity contribution in [1.29, 1.82) is 0 Å². The molecule has 0 aliphatic carbocycles. The molecule has 142 valence electrons. The van der Waals surface area contributed by atoms with Crippen LogP contribution < -0.4 is 15.6 Å². The molecule has 0 bridgehead atoms.